The number of fused-ring (bicyclic) bond motifs is 1. The minimum absolute atomic E-state index is 0.0632. The summed E-state index contributed by atoms with van der Waals surface area (Å²) in [6.45, 7) is 2.52. The zero-order chi connectivity index (χ0) is 22.7. The van der Waals surface area contributed by atoms with E-state index in [1.165, 1.54) is 29.8 Å². The van der Waals surface area contributed by atoms with Gasteiger partial charge in [0.05, 0.1) is 21.1 Å². The zero-order valence-corrected chi connectivity index (χ0v) is 18.7. The molecule has 10 heteroatoms. The molecule has 3 rings (SSSR count). The molecule has 162 valence electrons. The van der Waals surface area contributed by atoms with E-state index in [2.05, 4.69) is 15.6 Å². The van der Waals surface area contributed by atoms with E-state index >= 15 is 0 Å². The molecule has 0 atom stereocenters. The molecule has 0 saturated heterocycles. The van der Waals surface area contributed by atoms with Crippen LogP contribution in [0.5, 0.6) is 0 Å². The molecule has 2 amide bonds. The summed E-state index contributed by atoms with van der Waals surface area (Å²) in [7, 11) is 3.81. The lowest BCUT2D eigenvalue weighted by Gasteiger charge is -2.13. The number of aromatic nitrogens is 2. The van der Waals surface area contributed by atoms with Crippen LogP contribution in [0.2, 0.25) is 10.0 Å². The van der Waals surface area contributed by atoms with Gasteiger partial charge in [-0.1, -0.05) is 23.2 Å². The molecule has 0 aliphatic carbocycles. The standard InChI is InChI=1S/C21H21Cl2N5O3/c1-12(29)26-19-14-5-8-28(17(14)4-6-24-19)21(31)18-15(22)10-13(11-16(18)23)20(30)25-7-9-27(2)3/h4-6,8,10-11H,7,9H2,1-3H3,(H,25,30)(H,24,26,29). The lowest BCUT2D eigenvalue weighted by molar-refractivity contribution is -0.114. The summed E-state index contributed by atoms with van der Waals surface area (Å²) in [6, 6.07) is 6.15. The largest absolute Gasteiger partial charge is 0.351 e. The Balaban J connectivity index is 1.92. The molecule has 0 radical (unpaired) electrons. The third-order valence-electron chi connectivity index (χ3n) is 4.49. The van der Waals surface area contributed by atoms with Crippen molar-refractivity contribution in [3.05, 3.63) is 57.8 Å². The number of halogens is 2. The van der Waals surface area contributed by atoms with Gasteiger partial charge in [-0.3, -0.25) is 19.0 Å². The highest BCUT2D eigenvalue weighted by molar-refractivity contribution is 6.40. The number of pyridine rings is 1. The zero-order valence-electron chi connectivity index (χ0n) is 17.2. The number of amides is 2. The summed E-state index contributed by atoms with van der Waals surface area (Å²) in [4.78, 5) is 43.0. The summed E-state index contributed by atoms with van der Waals surface area (Å²) < 4.78 is 1.37. The monoisotopic (exact) mass is 461 g/mol. The first-order valence-electron chi connectivity index (χ1n) is 9.39. The van der Waals surface area contributed by atoms with Gasteiger partial charge < -0.3 is 15.5 Å². The first-order chi connectivity index (χ1) is 14.7. The average molecular weight is 462 g/mol. The fourth-order valence-electron chi connectivity index (χ4n) is 3.03. The summed E-state index contributed by atoms with van der Waals surface area (Å²) in [5.41, 5.74) is 0.866. The maximum absolute atomic E-state index is 13.2. The van der Waals surface area contributed by atoms with Crippen molar-refractivity contribution >= 4 is 57.6 Å². The SMILES string of the molecule is CC(=O)Nc1nccc2c1ccn2C(=O)c1c(Cl)cc(C(=O)NCCN(C)C)cc1Cl. The van der Waals surface area contributed by atoms with Crippen LogP contribution in [0.25, 0.3) is 10.9 Å². The Kier molecular flexibility index (Phi) is 6.94. The van der Waals surface area contributed by atoms with Gasteiger partial charge in [-0.25, -0.2) is 4.98 Å². The number of anilines is 1. The molecule has 31 heavy (non-hydrogen) atoms. The van der Waals surface area contributed by atoms with Crippen molar-refractivity contribution in [2.75, 3.05) is 32.5 Å². The summed E-state index contributed by atoms with van der Waals surface area (Å²) >= 11 is 12.7. The predicted molar refractivity (Wildman–Crippen MR) is 121 cm³/mol. The Bertz CT molecular complexity index is 1150. The van der Waals surface area contributed by atoms with Gasteiger partial charge in [-0.2, -0.15) is 0 Å². The van der Waals surface area contributed by atoms with Crippen LogP contribution in [0.15, 0.2) is 36.7 Å². The van der Waals surface area contributed by atoms with Crippen molar-refractivity contribution in [3.8, 4) is 0 Å². The number of rotatable bonds is 6. The summed E-state index contributed by atoms with van der Waals surface area (Å²) in [5, 5.41) is 6.13. The molecule has 2 aromatic heterocycles. The normalized spacial score (nSPS) is 11.0. The third-order valence-corrected chi connectivity index (χ3v) is 5.09. The first kappa shape index (κ1) is 22.7. The van der Waals surface area contributed by atoms with Gasteiger partial charge in [-0.05, 0) is 38.4 Å². The number of likely N-dealkylation sites (N-methyl/N-ethyl adjacent to an activating group) is 1. The maximum Gasteiger partial charge on any atom is 0.265 e. The van der Waals surface area contributed by atoms with Crippen LogP contribution in [0.4, 0.5) is 5.82 Å². The van der Waals surface area contributed by atoms with E-state index in [-0.39, 0.29) is 33.0 Å². The molecule has 1 aromatic carbocycles. The number of hydrogen-bond donors (Lipinski definition) is 2. The minimum atomic E-state index is -0.468. The Labute approximate surface area is 189 Å². The Morgan fingerprint density at radius 3 is 2.42 bits per heavy atom. The molecular formula is C21H21Cl2N5O3. The molecular weight excluding hydrogens is 441 g/mol. The second-order valence-electron chi connectivity index (χ2n) is 7.14. The second-order valence-corrected chi connectivity index (χ2v) is 7.95. The van der Waals surface area contributed by atoms with Crippen LogP contribution in [-0.4, -0.2) is 59.4 Å². The lowest BCUT2D eigenvalue weighted by Crippen LogP contribution is -2.31. The number of hydrogen-bond acceptors (Lipinski definition) is 5. The molecule has 0 saturated carbocycles. The van der Waals surface area contributed by atoms with Crippen molar-refractivity contribution in [1.29, 1.82) is 0 Å². The van der Waals surface area contributed by atoms with Crippen LogP contribution >= 0.6 is 23.2 Å². The molecule has 2 heterocycles. The second kappa shape index (κ2) is 9.47. The van der Waals surface area contributed by atoms with E-state index in [0.29, 0.717) is 29.8 Å². The van der Waals surface area contributed by atoms with Crippen molar-refractivity contribution in [2.45, 2.75) is 6.92 Å². The van der Waals surface area contributed by atoms with E-state index in [4.69, 9.17) is 23.2 Å². The molecule has 0 spiro atoms. The highest BCUT2D eigenvalue weighted by Gasteiger charge is 2.21. The first-order valence-corrected chi connectivity index (χ1v) is 10.1. The number of benzene rings is 1. The lowest BCUT2D eigenvalue weighted by atomic mass is 10.1. The highest BCUT2D eigenvalue weighted by atomic mass is 35.5. The molecule has 0 bridgehead atoms. The molecule has 0 aliphatic rings. The minimum Gasteiger partial charge on any atom is -0.351 e. The Morgan fingerprint density at radius 2 is 1.81 bits per heavy atom. The number of nitrogens with zero attached hydrogens (tertiary/aromatic N) is 3. The molecule has 3 aromatic rings. The quantitative estimate of drug-likeness (QED) is 0.586. The number of carbonyl (C=O) groups excluding carboxylic acids is 3. The van der Waals surface area contributed by atoms with Crippen LogP contribution in [0, 0.1) is 0 Å². The molecule has 0 fully saturated rings. The van der Waals surface area contributed by atoms with Gasteiger partial charge >= 0.3 is 0 Å². The van der Waals surface area contributed by atoms with Gasteiger partial charge in [0.25, 0.3) is 11.8 Å². The molecule has 8 nitrogen and oxygen atoms in total. The van der Waals surface area contributed by atoms with Crippen LogP contribution in [0.3, 0.4) is 0 Å². The van der Waals surface area contributed by atoms with Crippen LogP contribution in [0.1, 0.15) is 27.6 Å². The van der Waals surface area contributed by atoms with Gasteiger partial charge in [0.1, 0.15) is 5.82 Å². The van der Waals surface area contributed by atoms with Crippen molar-refractivity contribution in [1.82, 2.24) is 19.8 Å². The van der Waals surface area contributed by atoms with Crippen molar-refractivity contribution in [3.63, 3.8) is 0 Å². The van der Waals surface area contributed by atoms with E-state index in [9.17, 15) is 14.4 Å². The Morgan fingerprint density at radius 1 is 1.13 bits per heavy atom. The fourth-order valence-corrected chi connectivity index (χ4v) is 3.68. The van der Waals surface area contributed by atoms with Crippen LogP contribution in [-0.2, 0) is 4.79 Å². The van der Waals surface area contributed by atoms with Crippen molar-refractivity contribution < 1.29 is 14.4 Å². The predicted octanol–water partition coefficient (Wildman–Crippen LogP) is 3.28. The third kappa shape index (κ3) is 5.04. The molecule has 0 unspecified atom stereocenters. The van der Waals surface area contributed by atoms with E-state index in [0.717, 1.165) is 0 Å². The molecule has 2 N–H and O–H groups in total. The van der Waals surface area contributed by atoms with Gasteiger partial charge in [0.15, 0.2) is 0 Å². The van der Waals surface area contributed by atoms with E-state index in [1.807, 2.05) is 19.0 Å². The maximum atomic E-state index is 13.2. The topological polar surface area (TPSA) is 96.3 Å². The van der Waals surface area contributed by atoms with E-state index < -0.39 is 5.91 Å². The van der Waals surface area contributed by atoms with Gasteiger partial charge in [0.2, 0.25) is 5.91 Å². The number of nitrogens with one attached hydrogen (secondary N) is 2. The highest BCUT2D eigenvalue weighted by Crippen LogP contribution is 2.30. The average Bonchev–Trinajstić information content (AvgIpc) is 3.11. The van der Waals surface area contributed by atoms with E-state index in [1.54, 1.807) is 18.3 Å². The number of carbonyl (C=O) groups is 3. The summed E-state index contributed by atoms with van der Waals surface area (Å²) in [6.07, 6.45) is 3.04. The van der Waals surface area contributed by atoms with Gasteiger partial charge in [-0.15, -0.1) is 0 Å². The fraction of sp³-hybridized carbons (Fsp3) is 0.238. The van der Waals surface area contributed by atoms with Crippen LogP contribution < -0.4 is 10.6 Å². The molecule has 0 aliphatic heterocycles. The summed E-state index contributed by atoms with van der Waals surface area (Å²) in [5.74, 6) is -0.727. The Hall–Kier alpha value is -2.94. The van der Waals surface area contributed by atoms with Crippen molar-refractivity contribution in [2.24, 2.45) is 0 Å². The smallest absolute Gasteiger partial charge is 0.265 e. The van der Waals surface area contributed by atoms with Gasteiger partial charge in [0, 0.05) is 43.4 Å².